The van der Waals surface area contributed by atoms with Gasteiger partial charge in [0.05, 0.1) is 17.8 Å². The number of rotatable bonds is 4. The summed E-state index contributed by atoms with van der Waals surface area (Å²) in [5, 5.41) is 15.6. The highest BCUT2D eigenvalue weighted by atomic mass is 35.5. The fourth-order valence-electron chi connectivity index (χ4n) is 2.90. The van der Waals surface area contributed by atoms with Crippen molar-refractivity contribution in [2.45, 2.75) is 11.8 Å². The summed E-state index contributed by atoms with van der Waals surface area (Å²) in [6.45, 7) is 0. The number of esters is 1. The van der Waals surface area contributed by atoms with Gasteiger partial charge < -0.3 is 25.5 Å². The molecule has 1 atom stereocenters. The van der Waals surface area contributed by atoms with Crippen molar-refractivity contribution in [1.82, 2.24) is 4.98 Å². The first-order valence-corrected chi connectivity index (χ1v) is 9.25. The van der Waals surface area contributed by atoms with Gasteiger partial charge in [0.1, 0.15) is 0 Å². The van der Waals surface area contributed by atoms with Gasteiger partial charge in [-0.05, 0) is 36.4 Å². The van der Waals surface area contributed by atoms with Crippen LogP contribution in [0.2, 0.25) is 10.0 Å². The Bertz CT molecular complexity index is 1170. The number of hydrogen-bond acceptors (Lipinski definition) is 4. The average molecular weight is 476 g/mol. The van der Waals surface area contributed by atoms with Crippen LogP contribution in [0.1, 0.15) is 5.56 Å². The van der Waals surface area contributed by atoms with E-state index in [2.05, 4.69) is 20.4 Å². The zero-order chi connectivity index (χ0) is 23.0. The van der Waals surface area contributed by atoms with Crippen LogP contribution < -0.4 is 10.6 Å². The number of carbonyl (C=O) groups excluding carboxylic acids is 2. The van der Waals surface area contributed by atoms with Gasteiger partial charge in [-0.25, -0.2) is 9.59 Å². The Balaban J connectivity index is 1.94. The molecule has 164 valence electrons. The number of nitrogens with one attached hydrogen (secondary N) is 3. The number of H-pyrrole nitrogens is 1. The van der Waals surface area contributed by atoms with Crippen molar-refractivity contribution in [1.29, 1.82) is 0 Å². The van der Waals surface area contributed by atoms with Gasteiger partial charge >= 0.3 is 18.2 Å². The number of amides is 2. The van der Waals surface area contributed by atoms with Gasteiger partial charge in [0.25, 0.3) is 5.60 Å². The third-order valence-electron chi connectivity index (χ3n) is 4.40. The number of fused-ring (bicyclic) bond motifs is 1. The molecule has 0 radical (unpaired) electrons. The molecule has 0 aliphatic heterocycles. The largest absolute Gasteiger partial charge is 0.466 e. The van der Waals surface area contributed by atoms with Crippen LogP contribution in [0.4, 0.5) is 29.3 Å². The van der Waals surface area contributed by atoms with Crippen molar-refractivity contribution in [2.24, 2.45) is 0 Å². The molecule has 0 aliphatic carbocycles. The number of aliphatic hydroxyl groups is 1. The highest BCUT2D eigenvalue weighted by Crippen LogP contribution is 2.43. The molecule has 0 bridgehead atoms. The van der Waals surface area contributed by atoms with Crippen molar-refractivity contribution in [2.75, 3.05) is 17.7 Å². The van der Waals surface area contributed by atoms with E-state index in [-0.39, 0.29) is 27.3 Å². The summed E-state index contributed by atoms with van der Waals surface area (Å²) in [5.74, 6) is -1.89. The molecule has 7 nitrogen and oxygen atoms in total. The number of anilines is 2. The minimum Gasteiger partial charge on any atom is -0.466 e. The lowest BCUT2D eigenvalue weighted by molar-refractivity contribution is -0.266. The van der Waals surface area contributed by atoms with E-state index in [1.807, 2.05) is 0 Å². The monoisotopic (exact) mass is 475 g/mol. The molecule has 31 heavy (non-hydrogen) atoms. The molecule has 0 saturated carbocycles. The highest BCUT2D eigenvalue weighted by molar-refractivity contribution is 6.36. The van der Waals surface area contributed by atoms with Crippen LogP contribution in [-0.4, -0.2) is 35.4 Å². The lowest BCUT2D eigenvalue weighted by atomic mass is 9.92. The highest BCUT2D eigenvalue weighted by Gasteiger charge is 2.63. The SMILES string of the molecule is COC(=O)C(O)(c1c[nH]c2ccc(NC(=O)Nc3ccc(Cl)cc3Cl)cc12)C(F)(F)F. The number of carbonyl (C=O) groups is 2. The lowest BCUT2D eigenvalue weighted by Crippen LogP contribution is -2.49. The number of aromatic amines is 1. The minimum atomic E-state index is -5.36. The number of benzene rings is 2. The second kappa shape index (κ2) is 8.29. The van der Waals surface area contributed by atoms with Gasteiger partial charge in [-0.2, -0.15) is 13.2 Å². The van der Waals surface area contributed by atoms with Crippen LogP contribution in [0, 0.1) is 0 Å². The van der Waals surface area contributed by atoms with Gasteiger partial charge in [0.2, 0.25) is 0 Å². The van der Waals surface area contributed by atoms with E-state index in [0.717, 1.165) is 13.3 Å². The molecule has 12 heteroatoms. The van der Waals surface area contributed by atoms with E-state index in [1.165, 1.54) is 36.4 Å². The molecule has 0 fully saturated rings. The summed E-state index contributed by atoms with van der Waals surface area (Å²) in [5.41, 5.74) is -4.15. The van der Waals surface area contributed by atoms with Gasteiger partial charge in [-0.3, -0.25) is 0 Å². The van der Waals surface area contributed by atoms with E-state index in [9.17, 15) is 27.9 Å². The molecule has 1 aromatic heterocycles. The molecule has 4 N–H and O–H groups in total. The maximum atomic E-state index is 13.6. The van der Waals surface area contributed by atoms with Gasteiger partial charge in [0.15, 0.2) is 0 Å². The van der Waals surface area contributed by atoms with Gasteiger partial charge in [-0.1, -0.05) is 23.2 Å². The Kier molecular flexibility index (Phi) is 6.08. The van der Waals surface area contributed by atoms with Crippen molar-refractivity contribution in [3.8, 4) is 0 Å². The second-order valence-corrected chi connectivity index (χ2v) is 7.21. The summed E-state index contributed by atoms with van der Waals surface area (Å²) in [6, 6.07) is 7.61. The molecule has 3 aromatic rings. The van der Waals surface area contributed by atoms with Crippen molar-refractivity contribution < 1.29 is 32.6 Å². The smallest absolute Gasteiger partial charge is 0.432 e. The van der Waals surface area contributed by atoms with Crippen molar-refractivity contribution in [3.05, 3.63) is 58.2 Å². The van der Waals surface area contributed by atoms with Crippen LogP contribution in [0.5, 0.6) is 0 Å². The molecule has 2 amide bonds. The maximum absolute atomic E-state index is 13.6. The summed E-state index contributed by atoms with van der Waals surface area (Å²) in [7, 11) is 0.729. The lowest BCUT2D eigenvalue weighted by Gasteiger charge is -2.27. The van der Waals surface area contributed by atoms with E-state index in [4.69, 9.17) is 23.2 Å². The third-order valence-corrected chi connectivity index (χ3v) is 4.95. The molecule has 0 spiro atoms. The zero-order valence-electron chi connectivity index (χ0n) is 15.6. The molecule has 0 aliphatic rings. The van der Waals surface area contributed by atoms with Crippen LogP contribution in [-0.2, 0) is 15.1 Å². The molecule has 2 aromatic carbocycles. The predicted octanol–water partition coefficient (Wildman–Crippen LogP) is 5.04. The normalized spacial score (nSPS) is 13.5. The summed E-state index contributed by atoms with van der Waals surface area (Å²) in [6.07, 6.45) is -4.51. The van der Waals surface area contributed by atoms with Crippen LogP contribution >= 0.6 is 23.2 Å². The topological polar surface area (TPSA) is 103 Å². The number of ether oxygens (including phenoxy) is 1. The van der Waals surface area contributed by atoms with E-state index in [0.29, 0.717) is 5.02 Å². The summed E-state index contributed by atoms with van der Waals surface area (Å²) < 4.78 is 44.9. The number of alkyl halides is 3. The first-order chi connectivity index (χ1) is 14.5. The Morgan fingerprint density at radius 1 is 1.10 bits per heavy atom. The average Bonchev–Trinajstić information content (AvgIpc) is 3.11. The maximum Gasteiger partial charge on any atom is 0.432 e. The predicted molar refractivity (Wildman–Crippen MR) is 109 cm³/mol. The van der Waals surface area contributed by atoms with E-state index in [1.54, 1.807) is 0 Å². The van der Waals surface area contributed by atoms with E-state index < -0.39 is 29.3 Å². The fourth-order valence-corrected chi connectivity index (χ4v) is 3.36. The van der Waals surface area contributed by atoms with Crippen molar-refractivity contribution in [3.63, 3.8) is 0 Å². The molecular weight excluding hydrogens is 462 g/mol. The Morgan fingerprint density at radius 2 is 1.81 bits per heavy atom. The van der Waals surface area contributed by atoms with E-state index >= 15 is 0 Å². The first kappa shape index (κ1) is 22.7. The quantitative estimate of drug-likeness (QED) is 0.396. The number of aromatic nitrogens is 1. The molecule has 3 rings (SSSR count). The molecule has 0 saturated heterocycles. The van der Waals surface area contributed by atoms with Crippen molar-refractivity contribution >= 4 is 57.5 Å². The Morgan fingerprint density at radius 3 is 2.42 bits per heavy atom. The van der Waals surface area contributed by atoms with Crippen LogP contribution in [0.15, 0.2) is 42.6 Å². The zero-order valence-corrected chi connectivity index (χ0v) is 17.1. The van der Waals surface area contributed by atoms with Crippen LogP contribution in [0.3, 0.4) is 0 Å². The third kappa shape index (κ3) is 4.27. The van der Waals surface area contributed by atoms with Gasteiger partial charge in [-0.15, -0.1) is 0 Å². The molecule has 1 heterocycles. The second-order valence-electron chi connectivity index (χ2n) is 6.37. The standard InChI is InChI=1S/C19H14Cl2F3N3O4/c1-31-16(28)18(30,19(22,23)24)12-8-25-14-5-3-10(7-11(12)14)26-17(29)27-15-4-2-9(20)6-13(15)21/h2-8,25,30H,1H3,(H2,26,27,29). The molecule has 1 unspecified atom stereocenters. The summed E-state index contributed by atoms with van der Waals surface area (Å²) in [4.78, 5) is 26.7. The Labute approximate surface area is 183 Å². The summed E-state index contributed by atoms with van der Waals surface area (Å²) >= 11 is 11.8. The number of urea groups is 1. The Hall–Kier alpha value is -2.95. The molecular formula is C19H14Cl2F3N3O4. The first-order valence-electron chi connectivity index (χ1n) is 8.49. The fraction of sp³-hybridized carbons (Fsp3) is 0.158. The van der Waals surface area contributed by atoms with Crippen LogP contribution in [0.25, 0.3) is 10.9 Å². The number of hydrogen-bond donors (Lipinski definition) is 4. The number of halogens is 5. The minimum absolute atomic E-state index is 0.0883. The van der Waals surface area contributed by atoms with Gasteiger partial charge in [0, 0.05) is 33.4 Å². The number of methoxy groups -OCH3 is 1.